The number of carbonyl (C=O) groups is 2. The molecule has 0 spiro atoms. The minimum absolute atomic E-state index is 0.107. The molecule has 0 aromatic heterocycles. The summed E-state index contributed by atoms with van der Waals surface area (Å²) in [6, 6.07) is 23.5. The number of aliphatic carboxylic acids is 1. The SMILES string of the molecule is Cc1cccc(-c2ccc(C(CNC(=O)c3ccc(CC(N)C(=O)O)cc3)C3CCCCCC3)cc2)c1. The predicted molar refractivity (Wildman–Crippen MR) is 149 cm³/mol. The lowest BCUT2D eigenvalue weighted by atomic mass is 9.81. The standard InChI is InChI=1S/C32H38N2O3/c1-22-7-6-10-28(19-22)24-15-17-26(18-16-24)29(25-8-4-2-3-5-9-25)21-34-31(35)27-13-11-23(12-14-27)20-30(33)32(36)37/h6-7,10-19,25,29-30H,2-5,8-9,20-21,33H2,1H3,(H,34,35)(H,36,37). The van der Waals surface area contributed by atoms with E-state index in [4.69, 9.17) is 10.8 Å². The molecule has 0 radical (unpaired) electrons. The Kier molecular flexibility index (Phi) is 9.13. The Labute approximate surface area is 220 Å². The first-order valence-electron chi connectivity index (χ1n) is 13.4. The highest BCUT2D eigenvalue weighted by Gasteiger charge is 2.25. The zero-order chi connectivity index (χ0) is 26.2. The maximum Gasteiger partial charge on any atom is 0.320 e. The van der Waals surface area contributed by atoms with Gasteiger partial charge in [-0.1, -0.05) is 91.9 Å². The number of nitrogens with two attached hydrogens (primary N) is 1. The van der Waals surface area contributed by atoms with E-state index in [0.717, 1.165) is 5.56 Å². The van der Waals surface area contributed by atoms with Gasteiger partial charge in [-0.05, 0) is 66.5 Å². The van der Waals surface area contributed by atoms with Crippen LogP contribution < -0.4 is 11.1 Å². The van der Waals surface area contributed by atoms with Gasteiger partial charge >= 0.3 is 5.97 Å². The van der Waals surface area contributed by atoms with Crippen molar-refractivity contribution in [2.45, 2.75) is 63.8 Å². The second-order valence-electron chi connectivity index (χ2n) is 10.4. The third-order valence-electron chi connectivity index (χ3n) is 7.63. The normalized spacial score (nSPS) is 15.9. The average Bonchev–Trinajstić information content (AvgIpc) is 3.19. The molecule has 0 bridgehead atoms. The van der Waals surface area contributed by atoms with Crippen LogP contribution in [0.1, 0.15) is 71.5 Å². The zero-order valence-electron chi connectivity index (χ0n) is 21.7. The maximum atomic E-state index is 13.0. The van der Waals surface area contributed by atoms with Crippen molar-refractivity contribution >= 4 is 11.9 Å². The van der Waals surface area contributed by atoms with E-state index < -0.39 is 12.0 Å². The number of rotatable bonds is 9. The van der Waals surface area contributed by atoms with Crippen LogP contribution >= 0.6 is 0 Å². The smallest absolute Gasteiger partial charge is 0.320 e. The van der Waals surface area contributed by atoms with Crippen molar-refractivity contribution in [1.29, 1.82) is 0 Å². The second kappa shape index (κ2) is 12.7. The largest absolute Gasteiger partial charge is 0.480 e. The Bertz CT molecular complexity index is 1180. The fourth-order valence-corrected chi connectivity index (χ4v) is 5.46. The van der Waals surface area contributed by atoms with Gasteiger partial charge in [0, 0.05) is 18.0 Å². The molecule has 1 fully saturated rings. The molecule has 194 valence electrons. The van der Waals surface area contributed by atoms with Gasteiger partial charge in [0.15, 0.2) is 0 Å². The van der Waals surface area contributed by atoms with Gasteiger partial charge in [0.1, 0.15) is 6.04 Å². The fourth-order valence-electron chi connectivity index (χ4n) is 5.46. The number of carboxylic acids is 1. The first-order valence-corrected chi connectivity index (χ1v) is 13.4. The third-order valence-corrected chi connectivity index (χ3v) is 7.63. The fraction of sp³-hybridized carbons (Fsp3) is 0.375. The van der Waals surface area contributed by atoms with Crippen molar-refractivity contribution in [3.8, 4) is 11.1 Å². The Morgan fingerprint density at radius 1 is 0.919 bits per heavy atom. The molecule has 1 aliphatic rings. The van der Waals surface area contributed by atoms with Crippen molar-refractivity contribution < 1.29 is 14.7 Å². The molecule has 0 aliphatic heterocycles. The number of aryl methyl sites for hydroxylation is 1. The van der Waals surface area contributed by atoms with Crippen molar-refractivity contribution in [3.05, 3.63) is 95.1 Å². The molecule has 3 aromatic carbocycles. The van der Waals surface area contributed by atoms with Crippen LogP contribution in [-0.4, -0.2) is 29.6 Å². The topological polar surface area (TPSA) is 92.4 Å². The highest BCUT2D eigenvalue weighted by Crippen LogP contribution is 2.36. The Balaban J connectivity index is 1.47. The van der Waals surface area contributed by atoms with Crippen LogP contribution in [-0.2, 0) is 11.2 Å². The molecule has 4 rings (SSSR count). The Morgan fingerprint density at radius 3 is 2.22 bits per heavy atom. The molecule has 5 heteroatoms. The van der Waals surface area contributed by atoms with Crippen LogP contribution in [0.4, 0.5) is 0 Å². The van der Waals surface area contributed by atoms with Crippen molar-refractivity contribution in [2.75, 3.05) is 6.54 Å². The number of amides is 1. The molecule has 1 amide bonds. The third kappa shape index (κ3) is 7.30. The summed E-state index contributed by atoms with van der Waals surface area (Å²) >= 11 is 0. The van der Waals surface area contributed by atoms with Gasteiger partial charge in [-0.3, -0.25) is 9.59 Å². The van der Waals surface area contributed by atoms with E-state index in [2.05, 4.69) is 60.8 Å². The van der Waals surface area contributed by atoms with Crippen molar-refractivity contribution in [3.63, 3.8) is 0 Å². The van der Waals surface area contributed by atoms with E-state index in [9.17, 15) is 9.59 Å². The predicted octanol–water partition coefficient (Wildman–Crippen LogP) is 6.10. The quantitative estimate of drug-likeness (QED) is 0.311. The minimum Gasteiger partial charge on any atom is -0.480 e. The van der Waals surface area contributed by atoms with Gasteiger partial charge in [-0.2, -0.15) is 0 Å². The number of hydrogen-bond acceptors (Lipinski definition) is 3. The van der Waals surface area contributed by atoms with E-state index in [0.29, 0.717) is 18.0 Å². The van der Waals surface area contributed by atoms with Gasteiger partial charge in [0.05, 0.1) is 0 Å². The Morgan fingerprint density at radius 2 is 1.59 bits per heavy atom. The summed E-state index contributed by atoms with van der Waals surface area (Å²) in [5, 5.41) is 12.2. The monoisotopic (exact) mass is 498 g/mol. The van der Waals surface area contributed by atoms with Crippen LogP contribution in [0.3, 0.4) is 0 Å². The molecular weight excluding hydrogens is 460 g/mol. The zero-order valence-corrected chi connectivity index (χ0v) is 21.7. The molecule has 2 atom stereocenters. The molecule has 0 saturated heterocycles. The van der Waals surface area contributed by atoms with Crippen LogP contribution in [0.2, 0.25) is 0 Å². The summed E-state index contributed by atoms with van der Waals surface area (Å²) < 4.78 is 0. The van der Waals surface area contributed by atoms with Crippen LogP contribution in [0, 0.1) is 12.8 Å². The molecule has 5 nitrogen and oxygen atoms in total. The van der Waals surface area contributed by atoms with Crippen LogP contribution in [0.15, 0.2) is 72.8 Å². The molecule has 2 unspecified atom stereocenters. The van der Waals surface area contributed by atoms with Gasteiger partial charge in [0.25, 0.3) is 5.91 Å². The van der Waals surface area contributed by atoms with E-state index in [1.165, 1.54) is 60.8 Å². The number of nitrogens with one attached hydrogen (secondary N) is 1. The van der Waals surface area contributed by atoms with Gasteiger partial charge in [0.2, 0.25) is 0 Å². The lowest BCUT2D eigenvalue weighted by Crippen LogP contribution is -2.32. The molecule has 1 saturated carbocycles. The lowest BCUT2D eigenvalue weighted by Gasteiger charge is -2.27. The number of carboxylic acid groups (broad SMARTS) is 1. The van der Waals surface area contributed by atoms with Gasteiger partial charge < -0.3 is 16.2 Å². The number of hydrogen-bond donors (Lipinski definition) is 3. The summed E-state index contributed by atoms with van der Waals surface area (Å²) in [6.45, 7) is 2.71. The first-order chi connectivity index (χ1) is 17.9. The van der Waals surface area contributed by atoms with Gasteiger partial charge in [-0.15, -0.1) is 0 Å². The summed E-state index contributed by atoms with van der Waals surface area (Å²) in [5.41, 5.74) is 12.0. The Hall–Kier alpha value is -3.44. The number of carbonyl (C=O) groups excluding carboxylic acids is 1. The minimum atomic E-state index is -1.03. The van der Waals surface area contributed by atoms with E-state index in [-0.39, 0.29) is 18.2 Å². The van der Waals surface area contributed by atoms with Crippen LogP contribution in [0.25, 0.3) is 11.1 Å². The molecule has 0 heterocycles. The van der Waals surface area contributed by atoms with E-state index in [1.54, 1.807) is 24.3 Å². The number of benzene rings is 3. The van der Waals surface area contributed by atoms with E-state index >= 15 is 0 Å². The summed E-state index contributed by atoms with van der Waals surface area (Å²) in [5.74, 6) is -0.323. The summed E-state index contributed by atoms with van der Waals surface area (Å²) in [6.07, 6.45) is 7.70. The highest BCUT2D eigenvalue weighted by molar-refractivity contribution is 5.94. The molecular formula is C32H38N2O3. The maximum absolute atomic E-state index is 13.0. The van der Waals surface area contributed by atoms with E-state index in [1.807, 2.05) is 0 Å². The second-order valence-corrected chi connectivity index (χ2v) is 10.4. The van der Waals surface area contributed by atoms with Crippen molar-refractivity contribution in [2.24, 2.45) is 11.7 Å². The molecule has 37 heavy (non-hydrogen) atoms. The summed E-state index contributed by atoms with van der Waals surface area (Å²) in [4.78, 5) is 24.0. The molecule has 1 aliphatic carbocycles. The molecule has 3 aromatic rings. The average molecular weight is 499 g/mol. The highest BCUT2D eigenvalue weighted by atomic mass is 16.4. The summed E-state index contributed by atoms with van der Waals surface area (Å²) in [7, 11) is 0. The van der Waals surface area contributed by atoms with Gasteiger partial charge in [-0.25, -0.2) is 0 Å². The lowest BCUT2D eigenvalue weighted by molar-refractivity contribution is -0.138. The molecule has 4 N–H and O–H groups in total. The van der Waals surface area contributed by atoms with Crippen LogP contribution in [0.5, 0.6) is 0 Å². The first kappa shape index (κ1) is 26.6. The van der Waals surface area contributed by atoms with Crippen molar-refractivity contribution in [1.82, 2.24) is 5.32 Å².